The molecule has 0 aliphatic carbocycles. The average Bonchev–Trinajstić information content (AvgIpc) is 2.61. The molecule has 0 radical (unpaired) electrons. The minimum Gasteiger partial charge on any atom is -0.336 e. The van der Waals surface area contributed by atoms with Gasteiger partial charge in [0, 0.05) is 25.1 Å². The molecule has 0 unspecified atom stereocenters. The van der Waals surface area contributed by atoms with Gasteiger partial charge in [-0.2, -0.15) is 0 Å². The van der Waals surface area contributed by atoms with E-state index < -0.39 is 0 Å². The standard InChI is InChI=1S/C11H12N2O2/c14-8-9-5-11(15)13(6-9)7-10-3-1-2-4-12-10/h1-4,8-9H,5-7H2/t9-/m1/s1. The van der Waals surface area contributed by atoms with Gasteiger partial charge in [0.15, 0.2) is 0 Å². The Morgan fingerprint density at radius 1 is 1.53 bits per heavy atom. The molecule has 15 heavy (non-hydrogen) atoms. The molecule has 1 atom stereocenters. The van der Waals surface area contributed by atoms with E-state index in [0.29, 0.717) is 19.5 Å². The van der Waals surface area contributed by atoms with Gasteiger partial charge in [-0.1, -0.05) is 6.07 Å². The normalized spacial score (nSPS) is 20.7. The van der Waals surface area contributed by atoms with Crippen LogP contribution in [0.4, 0.5) is 0 Å². The summed E-state index contributed by atoms with van der Waals surface area (Å²) < 4.78 is 0. The number of aromatic nitrogens is 1. The molecule has 0 aromatic carbocycles. The Labute approximate surface area is 87.9 Å². The van der Waals surface area contributed by atoms with Gasteiger partial charge in [0.2, 0.25) is 5.91 Å². The Balaban J connectivity index is 2.01. The lowest BCUT2D eigenvalue weighted by Gasteiger charge is -2.14. The first-order chi connectivity index (χ1) is 7.29. The van der Waals surface area contributed by atoms with Crippen LogP contribution in [-0.4, -0.2) is 28.6 Å². The fourth-order valence-electron chi connectivity index (χ4n) is 1.73. The zero-order valence-electron chi connectivity index (χ0n) is 8.30. The van der Waals surface area contributed by atoms with Gasteiger partial charge in [-0.05, 0) is 12.1 Å². The number of carbonyl (C=O) groups is 2. The summed E-state index contributed by atoms with van der Waals surface area (Å²) in [4.78, 5) is 27.9. The highest BCUT2D eigenvalue weighted by Crippen LogP contribution is 2.17. The molecule has 4 nitrogen and oxygen atoms in total. The van der Waals surface area contributed by atoms with Crippen molar-refractivity contribution in [2.45, 2.75) is 13.0 Å². The molecular formula is C11H12N2O2. The third-order valence-electron chi connectivity index (χ3n) is 2.52. The maximum Gasteiger partial charge on any atom is 0.223 e. The molecular weight excluding hydrogens is 192 g/mol. The number of carbonyl (C=O) groups excluding carboxylic acids is 2. The van der Waals surface area contributed by atoms with Crippen molar-refractivity contribution in [3.05, 3.63) is 30.1 Å². The molecule has 4 heteroatoms. The van der Waals surface area contributed by atoms with Crippen molar-refractivity contribution in [3.8, 4) is 0 Å². The summed E-state index contributed by atoms with van der Waals surface area (Å²) in [6, 6.07) is 5.60. The fraction of sp³-hybridized carbons (Fsp3) is 0.364. The summed E-state index contributed by atoms with van der Waals surface area (Å²) in [7, 11) is 0. The molecule has 2 heterocycles. The van der Waals surface area contributed by atoms with Crippen molar-refractivity contribution >= 4 is 12.2 Å². The lowest BCUT2D eigenvalue weighted by Crippen LogP contribution is -2.25. The quantitative estimate of drug-likeness (QED) is 0.678. The van der Waals surface area contributed by atoms with E-state index in [0.717, 1.165) is 12.0 Å². The number of likely N-dealkylation sites (tertiary alicyclic amines) is 1. The van der Waals surface area contributed by atoms with Crippen molar-refractivity contribution in [3.63, 3.8) is 0 Å². The summed E-state index contributed by atoms with van der Waals surface area (Å²) in [6.07, 6.45) is 2.90. The molecule has 0 spiro atoms. The van der Waals surface area contributed by atoms with E-state index >= 15 is 0 Å². The van der Waals surface area contributed by atoms with Crippen LogP contribution in [0.1, 0.15) is 12.1 Å². The molecule has 1 saturated heterocycles. The largest absolute Gasteiger partial charge is 0.336 e. The van der Waals surface area contributed by atoms with Crippen LogP contribution in [0.3, 0.4) is 0 Å². The second kappa shape index (κ2) is 4.21. The first kappa shape index (κ1) is 9.83. The Kier molecular flexibility index (Phi) is 2.76. The summed E-state index contributed by atoms with van der Waals surface area (Å²) in [5.41, 5.74) is 0.859. The lowest BCUT2D eigenvalue weighted by molar-refractivity contribution is -0.128. The van der Waals surface area contributed by atoms with E-state index in [9.17, 15) is 9.59 Å². The van der Waals surface area contributed by atoms with Crippen LogP contribution in [0.2, 0.25) is 0 Å². The van der Waals surface area contributed by atoms with E-state index in [2.05, 4.69) is 4.98 Å². The van der Waals surface area contributed by atoms with E-state index in [-0.39, 0.29) is 11.8 Å². The molecule has 1 amide bonds. The highest BCUT2D eigenvalue weighted by atomic mass is 16.2. The number of nitrogens with zero attached hydrogens (tertiary/aromatic N) is 2. The number of aldehydes is 1. The highest BCUT2D eigenvalue weighted by Gasteiger charge is 2.29. The highest BCUT2D eigenvalue weighted by molar-refractivity contribution is 5.82. The average molecular weight is 204 g/mol. The first-order valence-corrected chi connectivity index (χ1v) is 4.92. The van der Waals surface area contributed by atoms with E-state index in [1.54, 1.807) is 11.1 Å². The molecule has 78 valence electrons. The van der Waals surface area contributed by atoms with E-state index in [4.69, 9.17) is 0 Å². The van der Waals surface area contributed by atoms with Crippen molar-refractivity contribution in [2.75, 3.05) is 6.54 Å². The van der Waals surface area contributed by atoms with Crippen molar-refractivity contribution in [2.24, 2.45) is 5.92 Å². The lowest BCUT2D eigenvalue weighted by atomic mass is 10.1. The molecule has 1 aromatic rings. The summed E-state index contributed by atoms with van der Waals surface area (Å²) >= 11 is 0. The van der Waals surface area contributed by atoms with Crippen LogP contribution in [0.25, 0.3) is 0 Å². The predicted octanol–water partition coefficient (Wildman–Crippen LogP) is 0.629. The van der Waals surface area contributed by atoms with Crippen LogP contribution in [0.5, 0.6) is 0 Å². The SMILES string of the molecule is O=C[C@@H]1CC(=O)N(Cc2ccccn2)C1. The van der Waals surface area contributed by atoms with Gasteiger partial charge in [0.05, 0.1) is 12.2 Å². The van der Waals surface area contributed by atoms with E-state index in [1.165, 1.54) is 0 Å². The number of pyridine rings is 1. The summed E-state index contributed by atoms with van der Waals surface area (Å²) in [5.74, 6) is -0.0982. The predicted molar refractivity (Wildman–Crippen MR) is 53.8 cm³/mol. The minimum absolute atomic E-state index is 0.0396. The van der Waals surface area contributed by atoms with Gasteiger partial charge < -0.3 is 9.69 Å². The van der Waals surface area contributed by atoms with Crippen molar-refractivity contribution < 1.29 is 9.59 Å². The van der Waals surface area contributed by atoms with E-state index in [1.807, 2.05) is 18.2 Å². The Morgan fingerprint density at radius 3 is 3.00 bits per heavy atom. The number of rotatable bonds is 3. The zero-order valence-corrected chi connectivity index (χ0v) is 8.30. The maximum absolute atomic E-state index is 11.5. The zero-order chi connectivity index (χ0) is 10.7. The molecule has 1 aliphatic heterocycles. The molecule has 0 saturated carbocycles. The Morgan fingerprint density at radius 2 is 2.40 bits per heavy atom. The van der Waals surface area contributed by atoms with Crippen LogP contribution < -0.4 is 0 Å². The minimum atomic E-state index is -0.138. The van der Waals surface area contributed by atoms with Gasteiger partial charge >= 0.3 is 0 Å². The number of amides is 1. The maximum atomic E-state index is 11.5. The van der Waals surface area contributed by atoms with Crippen molar-refractivity contribution in [1.29, 1.82) is 0 Å². The first-order valence-electron chi connectivity index (χ1n) is 4.92. The molecule has 1 fully saturated rings. The summed E-state index contributed by atoms with van der Waals surface area (Å²) in [5, 5.41) is 0. The number of hydrogen-bond acceptors (Lipinski definition) is 3. The van der Waals surface area contributed by atoms with Gasteiger partial charge in [-0.3, -0.25) is 9.78 Å². The molecule has 1 aromatic heterocycles. The fourth-order valence-corrected chi connectivity index (χ4v) is 1.73. The molecule has 0 bridgehead atoms. The third kappa shape index (κ3) is 2.21. The number of hydrogen-bond donors (Lipinski definition) is 0. The van der Waals surface area contributed by atoms with Crippen LogP contribution in [0.15, 0.2) is 24.4 Å². The molecule has 2 rings (SSSR count). The second-order valence-corrected chi connectivity index (χ2v) is 3.70. The second-order valence-electron chi connectivity index (χ2n) is 3.70. The summed E-state index contributed by atoms with van der Waals surface area (Å²) in [6.45, 7) is 1.03. The van der Waals surface area contributed by atoms with Crippen LogP contribution in [-0.2, 0) is 16.1 Å². The monoisotopic (exact) mass is 204 g/mol. The Bertz CT molecular complexity index is 364. The van der Waals surface area contributed by atoms with Crippen molar-refractivity contribution in [1.82, 2.24) is 9.88 Å². The smallest absolute Gasteiger partial charge is 0.223 e. The molecule has 0 N–H and O–H groups in total. The molecule has 1 aliphatic rings. The van der Waals surface area contributed by atoms with Gasteiger partial charge in [-0.25, -0.2) is 0 Å². The van der Waals surface area contributed by atoms with Gasteiger partial charge in [0.1, 0.15) is 6.29 Å². The topological polar surface area (TPSA) is 50.3 Å². The van der Waals surface area contributed by atoms with Gasteiger partial charge in [-0.15, -0.1) is 0 Å². The van der Waals surface area contributed by atoms with Crippen LogP contribution in [0, 0.1) is 5.92 Å². The Hall–Kier alpha value is -1.71. The van der Waals surface area contributed by atoms with Crippen LogP contribution >= 0.6 is 0 Å². The van der Waals surface area contributed by atoms with Gasteiger partial charge in [0.25, 0.3) is 0 Å². The third-order valence-corrected chi connectivity index (χ3v) is 2.52.